The first kappa shape index (κ1) is 13.5. The van der Waals surface area contributed by atoms with Crippen LogP contribution in [0, 0.1) is 5.92 Å². The molecule has 0 saturated carbocycles. The smallest absolute Gasteiger partial charge is 0.323 e. The van der Waals surface area contributed by atoms with Crippen molar-refractivity contribution in [3.8, 4) is 0 Å². The van der Waals surface area contributed by atoms with Gasteiger partial charge in [-0.25, -0.2) is 0 Å². The number of carbonyl (C=O) groups is 4. The van der Waals surface area contributed by atoms with Crippen LogP contribution < -0.4 is 5.73 Å². The number of carboxylic acid groups (broad SMARTS) is 2. The number of nitrogens with zero attached hydrogens (tertiary/aromatic N) is 1. The summed E-state index contributed by atoms with van der Waals surface area (Å²) in [6, 6.07) is 0. The Labute approximate surface area is 100 Å². The summed E-state index contributed by atoms with van der Waals surface area (Å²) in [5.41, 5.74) is 4.50. The minimum atomic E-state index is -1.61. The van der Waals surface area contributed by atoms with Crippen LogP contribution in [0.3, 0.4) is 0 Å². The molecule has 1 rings (SSSR count). The standard InChI is InChI=1S/C9H10N2O7/c10-6-7(16)3(1-4(12)13)8(17)11(9(6)18)2-5(14)15/h3,18H,1-2,10H2,(H,12,13)(H,14,15). The second kappa shape index (κ2) is 4.73. The molecule has 1 aliphatic rings. The van der Waals surface area contributed by atoms with Gasteiger partial charge in [0.15, 0.2) is 5.78 Å². The lowest BCUT2D eigenvalue weighted by Gasteiger charge is -2.29. The maximum atomic E-state index is 11.7. The van der Waals surface area contributed by atoms with Gasteiger partial charge < -0.3 is 21.1 Å². The molecule has 1 aliphatic heterocycles. The molecule has 5 N–H and O–H groups in total. The van der Waals surface area contributed by atoms with Gasteiger partial charge in [-0.15, -0.1) is 0 Å². The lowest BCUT2D eigenvalue weighted by molar-refractivity contribution is -0.153. The van der Waals surface area contributed by atoms with Crippen molar-refractivity contribution in [2.75, 3.05) is 6.54 Å². The Morgan fingerprint density at radius 1 is 1.22 bits per heavy atom. The van der Waals surface area contributed by atoms with Crippen LogP contribution in [0.1, 0.15) is 6.42 Å². The van der Waals surface area contributed by atoms with E-state index >= 15 is 0 Å². The molecule has 1 heterocycles. The van der Waals surface area contributed by atoms with Crippen LogP contribution in [0.25, 0.3) is 0 Å². The molecule has 9 heteroatoms. The summed E-state index contributed by atoms with van der Waals surface area (Å²) in [4.78, 5) is 44.6. The fraction of sp³-hybridized carbons (Fsp3) is 0.333. The van der Waals surface area contributed by atoms with Gasteiger partial charge >= 0.3 is 11.9 Å². The van der Waals surface area contributed by atoms with E-state index < -0.39 is 54.1 Å². The van der Waals surface area contributed by atoms with E-state index in [1.807, 2.05) is 0 Å². The van der Waals surface area contributed by atoms with Crippen molar-refractivity contribution in [3.63, 3.8) is 0 Å². The topological polar surface area (TPSA) is 158 Å². The van der Waals surface area contributed by atoms with E-state index in [9.17, 15) is 24.3 Å². The molecule has 1 amide bonds. The minimum absolute atomic E-state index is 0.368. The second-order valence-electron chi connectivity index (χ2n) is 3.57. The molecule has 0 aromatic heterocycles. The molecule has 0 spiro atoms. The molecule has 1 unspecified atom stereocenters. The van der Waals surface area contributed by atoms with Crippen molar-refractivity contribution in [1.82, 2.24) is 4.90 Å². The van der Waals surface area contributed by atoms with Crippen molar-refractivity contribution in [2.45, 2.75) is 6.42 Å². The first-order valence-electron chi connectivity index (χ1n) is 4.73. The van der Waals surface area contributed by atoms with Crippen LogP contribution in [-0.2, 0) is 19.2 Å². The summed E-state index contributed by atoms with van der Waals surface area (Å²) in [6.45, 7) is -0.908. The monoisotopic (exact) mass is 258 g/mol. The highest BCUT2D eigenvalue weighted by Gasteiger charge is 2.42. The highest BCUT2D eigenvalue weighted by atomic mass is 16.4. The summed E-state index contributed by atoms with van der Waals surface area (Å²) < 4.78 is 0. The summed E-state index contributed by atoms with van der Waals surface area (Å²) in [5.74, 6) is -7.55. The molecule has 0 aromatic carbocycles. The van der Waals surface area contributed by atoms with Crippen LogP contribution in [0.2, 0.25) is 0 Å². The zero-order valence-electron chi connectivity index (χ0n) is 8.99. The Morgan fingerprint density at radius 3 is 2.22 bits per heavy atom. The molecule has 9 nitrogen and oxygen atoms in total. The first-order chi connectivity index (χ1) is 8.25. The Bertz CT molecular complexity index is 468. The van der Waals surface area contributed by atoms with E-state index in [0.29, 0.717) is 4.90 Å². The third-order valence-corrected chi connectivity index (χ3v) is 2.31. The van der Waals surface area contributed by atoms with E-state index in [4.69, 9.17) is 15.9 Å². The first-order valence-corrected chi connectivity index (χ1v) is 4.73. The predicted octanol–water partition coefficient (Wildman–Crippen LogP) is -1.74. The van der Waals surface area contributed by atoms with Gasteiger partial charge in [0.25, 0.3) is 0 Å². The number of amides is 1. The SMILES string of the molecule is NC1=C(O)N(CC(=O)O)C(=O)C(CC(=O)O)C1=O. The highest BCUT2D eigenvalue weighted by Crippen LogP contribution is 2.22. The van der Waals surface area contributed by atoms with E-state index in [0.717, 1.165) is 0 Å². The van der Waals surface area contributed by atoms with Crippen LogP contribution in [0.4, 0.5) is 0 Å². The molecule has 0 aliphatic carbocycles. The normalized spacial score (nSPS) is 20.2. The lowest BCUT2D eigenvalue weighted by Crippen LogP contribution is -2.49. The Balaban J connectivity index is 3.14. The second-order valence-corrected chi connectivity index (χ2v) is 3.57. The number of carboxylic acids is 2. The number of Topliss-reactive ketones (excluding diaryl/α,β-unsaturated/α-hetero) is 1. The molecule has 0 bridgehead atoms. The number of carbonyl (C=O) groups excluding carboxylic acids is 2. The summed E-state index contributed by atoms with van der Waals surface area (Å²) in [6.07, 6.45) is -0.818. The Hall–Kier alpha value is -2.58. The average molecular weight is 258 g/mol. The number of aliphatic hydroxyl groups excluding tert-OH is 1. The van der Waals surface area contributed by atoms with Crippen LogP contribution in [0.15, 0.2) is 11.6 Å². The third kappa shape index (κ3) is 2.39. The van der Waals surface area contributed by atoms with Crippen LogP contribution >= 0.6 is 0 Å². The highest BCUT2D eigenvalue weighted by molar-refractivity contribution is 6.14. The summed E-state index contributed by atoms with van der Waals surface area (Å²) in [5, 5.41) is 26.5. The fourth-order valence-corrected chi connectivity index (χ4v) is 1.49. The van der Waals surface area contributed by atoms with Gasteiger partial charge in [-0.05, 0) is 0 Å². The maximum absolute atomic E-state index is 11.7. The zero-order chi connectivity index (χ0) is 14.0. The molecule has 0 radical (unpaired) electrons. The molecule has 0 fully saturated rings. The average Bonchev–Trinajstić information content (AvgIpc) is 2.27. The quantitative estimate of drug-likeness (QED) is 0.432. The van der Waals surface area contributed by atoms with Crippen molar-refractivity contribution < 1.29 is 34.5 Å². The van der Waals surface area contributed by atoms with Crippen molar-refractivity contribution in [2.24, 2.45) is 11.7 Å². The number of allylic oxidation sites excluding steroid dienone is 1. The molecule has 0 aromatic rings. The Kier molecular flexibility index (Phi) is 3.55. The number of nitrogens with two attached hydrogens (primary N) is 1. The number of ketones is 1. The van der Waals surface area contributed by atoms with Gasteiger partial charge in [0.1, 0.15) is 18.2 Å². The molecule has 98 valence electrons. The van der Waals surface area contributed by atoms with Gasteiger partial charge in [-0.3, -0.25) is 24.1 Å². The van der Waals surface area contributed by atoms with Crippen molar-refractivity contribution >= 4 is 23.6 Å². The number of rotatable bonds is 4. The van der Waals surface area contributed by atoms with Crippen molar-refractivity contribution in [1.29, 1.82) is 0 Å². The zero-order valence-corrected chi connectivity index (χ0v) is 8.99. The Morgan fingerprint density at radius 2 is 1.78 bits per heavy atom. The molecule has 1 atom stereocenters. The van der Waals surface area contributed by atoms with Crippen LogP contribution in [-0.4, -0.2) is 50.4 Å². The molecule has 18 heavy (non-hydrogen) atoms. The van der Waals surface area contributed by atoms with Gasteiger partial charge in [0.05, 0.1) is 6.42 Å². The molecule has 0 saturated heterocycles. The number of hydrogen-bond acceptors (Lipinski definition) is 6. The molecular weight excluding hydrogens is 248 g/mol. The van der Waals surface area contributed by atoms with E-state index in [2.05, 4.69) is 0 Å². The lowest BCUT2D eigenvalue weighted by atomic mass is 9.93. The van der Waals surface area contributed by atoms with E-state index in [1.54, 1.807) is 0 Å². The van der Waals surface area contributed by atoms with Gasteiger partial charge in [-0.2, -0.15) is 0 Å². The minimum Gasteiger partial charge on any atom is -0.493 e. The van der Waals surface area contributed by atoms with Gasteiger partial charge in [-0.1, -0.05) is 0 Å². The van der Waals surface area contributed by atoms with E-state index in [1.165, 1.54) is 0 Å². The molecular formula is C9H10N2O7. The number of hydrogen-bond donors (Lipinski definition) is 4. The van der Waals surface area contributed by atoms with Gasteiger partial charge in [0, 0.05) is 0 Å². The largest absolute Gasteiger partial charge is 0.493 e. The number of aliphatic hydroxyl groups is 1. The van der Waals surface area contributed by atoms with Crippen molar-refractivity contribution in [3.05, 3.63) is 11.6 Å². The summed E-state index contributed by atoms with van der Waals surface area (Å²) >= 11 is 0. The summed E-state index contributed by atoms with van der Waals surface area (Å²) in [7, 11) is 0. The predicted molar refractivity (Wildman–Crippen MR) is 53.9 cm³/mol. The maximum Gasteiger partial charge on any atom is 0.323 e. The van der Waals surface area contributed by atoms with Crippen LogP contribution in [0.5, 0.6) is 0 Å². The van der Waals surface area contributed by atoms with Gasteiger partial charge in [0.2, 0.25) is 11.8 Å². The van der Waals surface area contributed by atoms with E-state index in [-0.39, 0.29) is 0 Å². The number of aliphatic carboxylic acids is 2. The fourth-order valence-electron chi connectivity index (χ4n) is 1.49. The third-order valence-electron chi connectivity index (χ3n) is 2.31.